The average Bonchev–Trinajstić information content (AvgIpc) is 2.74. The number of benzene rings is 1. The number of aromatic nitrogens is 2. The van der Waals surface area contributed by atoms with Gasteiger partial charge >= 0.3 is 0 Å². The Hall–Kier alpha value is -2.50. The first-order valence-electron chi connectivity index (χ1n) is 5.39. The van der Waals surface area contributed by atoms with Crippen LogP contribution in [0.25, 0.3) is 5.69 Å². The number of imidazole rings is 1. The van der Waals surface area contributed by atoms with E-state index in [1.54, 1.807) is 13.4 Å². The summed E-state index contributed by atoms with van der Waals surface area (Å²) < 4.78 is 7.16. The fourth-order valence-electron chi connectivity index (χ4n) is 1.71. The first-order chi connectivity index (χ1) is 8.61. The number of aliphatic imine (C=N–C) groups is 1. The highest BCUT2D eigenvalue weighted by Gasteiger charge is 2.11. The standard InChI is InChI=1S/C12H15N5O/c1-8-6-17(7-15-8)11-9(16-12(13)14)4-3-5-10(11)18-2/h3-7H,1-2H3,(H4,13,14,16). The van der Waals surface area contributed by atoms with Crippen molar-refractivity contribution < 1.29 is 4.74 Å². The molecule has 6 heteroatoms. The minimum absolute atomic E-state index is 0.00124. The monoisotopic (exact) mass is 245 g/mol. The van der Waals surface area contributed by atoms with Crippen LogP contribution in [0.5, 0.6) is 5.75 Å². The zero-order chi connectivity index (χ0) is 13.1. The van der Waals surface area contributed by atoms with E-state index in [0.29, 0.717) is 11.4 Å². The number of rotatable bonds is 3. The number of nitrogens with zero attached hydrogens (tertiary/aromatic N) is 3. The van der Waals surface area contributed by atoms with E-state index in [2.05, 4.69) is 9.98 Å². The molecule has 0 radical (unpaired) electrons. The second-order valence-corrected chi connectivity index (χ2v) is 3.79. The van der Waals surface area contributed by atoms with Crippen molar-refractivity contribution in [1.29, 1.82) is 0 Å². The molecule has 0 fully saturated rings. The van der Waals surface area contributed by atoms with Crippen molar-refractivity contribution in [3.8, 4) is 11.4 Å². The summed E-state index contributed by atoms with van der Waals surface area (Å²) in [6, 6.07) is 5.48. The summed E-state index contributed by atoms with van der Waals surface area (Å²) in [5.74, 6) is 0.677. The molecule has 4 N–H and O–H groups in total. The summed E-state index contributed by atoms with van der Waals surface area (Å²) >= 11 is 0. The molecule has 1 heterocycles. The van der Waals surface area contributed by atoms with Crippen molar-refractivity contribution in [3.05, 3.63) is 36.4 Å². The second-order valence-electron chi connectivity index (χ2n) is 3.79. The van der Waals surface area contributed by atoms with Gasteiger partial charge in [0, 0.05) is 6.20 Å². The lowest BCUT2D eigenvalue weighted by molar-refractivity contribution is 0.413. The molecule has 0 amide bonds. The van der Waals surface area contributed by atoms with Gasteiger partial charge in [-0.25, -0.2) is 9.98 Å². The fraction of sp³-hybridized carbons (Fsp3) is 0.167. The van der Waals surface area contributed by atoms with E-state index in [1.165, 1.54) is 0 Å². The number of para-hydroxylation sites is 1. The molecule has 6 nitrogen and oxygen atoms in total. The summed E-state index contributed by atoms with van der Waals surface area (Å²) in [7, 11) is 1.60. The van der Waals surface area contributed by atoms with Crippen LogP contribution in [0.3, 0.4) is 0 Å². The number of hydrogen-bond acceptors (Lipinski definition) is 3. The molecule has 0 aliphatic carbocycles. The summed E-state index contributed by atoms with van der Waals surface area (Å²) in [6.45, 7) is 1.91. The molecular formula is C12H15N5O. The summed E-state index contributed by atoms with van der Waals surface area (Å²) in [5.41, 5.74) is 13.1. The number of nitrogens with two attached hydrogens (primary N) is 2. The Bertz CT molecular complexity index is 584. The van der Waals surface area contributed by atoms with Gasteiger partial charge in [-0.1, -0.05) is 6.07 Å². The summed E-state index contributed by atoms with van der Waals surface area (Å²) in [6.07, 6.45) is 3.57. The van der Waals surface area contributed by atoms with Crippen LogP contribution in [0, 0.1) is 6.92 Å². The molecule has 0 aliphatic heterocycles. The first-order valence-corrected chi connectivity index (χ1v) is 5.39. The van der Waals surface area contributed by atoms with Crippen LogP contribution in [0.4, 0.5) is 5.69 Å². The highest BCUT2D eigenvalue weighted by molar-refractivity contribution is 5.81. The van der Waals surface area contributed by atoms with E-state index < -0.39 is 0 Å². The minimum atomic E-state index is 0.00124. The van der Waals surface area contributed by atoms with Crippen LogP contribution in [0.2, 0.25) is 0 Å². The van der Waals surface area contributed by atoms with Gasteiger partial charge in [0.05, 0.1) is 24.8 Å². The molecule has 2 rings (SSSR count). The SMILES string of the molecule is COc1cccc(N=C(N)N)c1-n1cnc(C)c1. The van der Waals surface area contributed by atoms with E-state index in [0.717, 1.165) is 11.4 Å². The van der Waals surface area contributed by atoms with Crippen molar-refractivity contribution in [2.24, 2.45) is 16.5 Å². The van der Waals surface area contributed by atoms with Crippen LogP contribution in [-0.2, 0) is 0 Å². The average molecular weight is 245 g/mol. The topological polar surface area (TPSA) is 91.5 Å². The van der Waals surface area contributed by atoms with E-state index in [-0.39, 0.29) is 5.96 Å². The number of aryl methyl sites for hydroxylation is 1. The fourth-order valence-corrected chi connectivity index (χ4v) is 1.71. The Morgan fingerprint density at radius 2 is 2.17 bits per heavy atom. The third-order valence-corrected chi connectivity index (χ3v) is 2.42. The van der Waals surface area contributed by atoms with E-state index >= 15 is 0 Å². The molecule has 1 aromatic heterocycles. The highest BCUT2D eigenvalue weighted by Crippen LogP contribution is 2.32. The maximum absolute atomic E-state index is 5.43. The largest absolute Gasteiger partial charge is 0.494 e. The minimum Gasteiger partial charge on any atom is -0.494 e. The van der Waals surface area contributed by atoms with Crippen molar-refractivity contribution in [2.75, 3.05) is 7.11 Å². The van der Waals surface area contributed by atoms with Crippen LogP contribution < -0.4 is 16.2 Å². The van der Waals surface area contributed by atoms with Crippen LogP contribution in [0.15, 0.2) is 35.7 Å². The first kappa shape index (κ1) is 12.0. The molecule has 1 aromatic carbocycles. The zero-order valence-corrected chi connectivity index (χ0v) is 10.3. The Balaban J connectivity index is 2.65. The quantitative estimate of drug-likeness (QED) is 0.625. The lowest BCUT2D eigenvalue weighted by atomic mass is 10.2. The van der Waals surface area contributed by atoms with Gasteiger partial charge in [0.2, 0.25) is 0 Å². The molecule has 0 unspecified atom stereocenters. The van der Waals surface area contributed by atoms with Crippen LogP contribution in [0.1, 0.15) is 5.69 Å². The molecule has 0 bridgehead atoms. The Labute approximate surface area is 105 Å². The maximum atomic E-state index is 5.43. The summed E-state index contributed by atoms with van der Waals surface area (Å²) in [4.78, 5) is 8.28. The van der Waals surface area contributed by atoms with Crippen LogP contribution >= 0.6 is 0 Å². The lowest BCUT2D eigenvalue weighted by Gasteiger charge is -2.11. The van der Waals surface area contributed by atoms with Gasteiger partial charge in [-0.05, 0) is 19.1 Å². The molecule has 0 atom stereocenters. The Morgan fingerprint density at radius 3 is 2.72 bits per heavy atom. The van der Waals surface area contributed by atoms with Crippen molar-refractivity contribution >= 4 is 11.6 Å². The third kappa shape index (κ3) is 2.27. The van der Waals surface area contributed by atoms with Gasteiger partial charge in [-0.2, -0.15) is 0 Å². The molecule has 2 aromatic rings. The molecule has 0 saturated heterocycles. The molecule has 0 aliphatic rings. The molecule has 0 spiro atoms. The van der Waals surface area contributed by atoms with E-state index in [1.807, 2.05) is 35.9 Å². The smallest absolute Gasteiger partial charge is 0.191 e. The normalized spacial score (nSPS) is 10.1. The lowest BCUT2D eigenvalue weighted by Crippen LogP contribution is -2.22. The Morgan fingerprint density at radius 1 is 1.39 bits per heavy atom. The number of ether oxygens (including phenoxy) is 1. The Kier molecular flexibility index (Phi) is 3.18. The van der Waals surface area contributed by atoms with Crippen LogP contribution in [-0.4, -0.2) is 22.6 Å². The van der Waals surface area contributed by atoms with Gasteiger partial charge in [0.1, 0.15) is 11.4 Å². The van der Waals surface area contributed by atoms with Crippen molar-refractivity contribution in [2.45, 2.75) is 6.92 Å². The predicted molar refractivity (Wildman–Crippen MR) is 70.3 cm³/mol. The highest BCUT2D eigenvalue weighted by atomic mass is 16.5. The summed E-state index contributed by atoms with van der Waals surface area (Å²) in [5, 5.41) is 0. The van der Waals surface area contributed by atoms with Gasteiger partial charge in [-0.3, -0.25) is 0 Å². The van der Waals surface area contributed by atoms with Gasteiger partial charge in [-0.15, -0.1) is 0 Å². The van der Waals surface area contributed by atoms with E-state index in [9.17, 15) is 0 Å². The maximum Gasteiger partial charge on any atom is 0.191 e. The number of hydrogen-bond donors (Lipinski definition) is 2. The molecular weight excluding hydrogens is 230 g/mol. The molecule has 0 saturated carbocycles. The third-order valence-electron chi connectivity index (χ3n) is 2.42. The predicted octanol–water partition coefficient (Wildman–Crippen LogP) is 1.09. The van der Waals surface area contributed by atoms with E-state index in [4.69, 9.17) is 16.2 Å². The zero-order valence-electron chi connectivity index (χ0n) is 10.3. The van der Waals surface area contributed by atoms with Crippen molar-refractivity contribution in [3.63, 3.8) is 0 Å². The van der Waals surface area contributed by atoms with Crippen molar-refractivity contribution in [1.82, 2.24) is 9.55 Å². The van der Waals surface area contributed by atoms with Gasteiger partial charge in [0.25, 0.3) is 0 Å². The number of guanidine groups is 1. The number of methoxy groups -OCH3 is 1. The van der Waals surface area contributed by atoms with Gasteiger partial charge < -0.3 is 20.8 Å². The second kappa shape index (κ2) is 4.79. The molecule has 18 heavy (non-hydrogen) atoms. The van der Waals surface area contributed by atoms with Gasteiger partial charge in [0.15, 0.2) is 5.96 Å². The molecule has 94 valence electrons.